The number of aliphatic carboxylic acids is 2. The third-order valence-electron chi connectivity index (χ3n) is 8.63. The van der Waals surface area contributed by atoms with Gasteiger partial charge >= 0.3 is 11.9 Å². The maximum absolute atomic E-state index is 11.2. The summed E-state index contributed by atoms with van der Waals surface area (Å²) in [5, 5.41) is 18.3. The molecule has 264 valence electrons. The van der Waals surface area contributed by atoms with E-state index in [0.717, 1.165) is 50.4 Å². The number of hydrogen-bond acceptors (Lipinski definition) is 3. The Balaban J connectivity index is 1.23. The van der Waals surface area contributed by atoms with Crippen molar-refractivity contribution in [3.8, 4) is 11.1 Å². The Hall–Kier alpha value is -8.00. The molecule has 0 fully saturated rings. The van der Waals surface area contributed by atoms with Crippen molar-refractivity contribution in [1.82, 2.24) is 0 Å². The molecule has 0 saturated heterocycles. The van der Waals surface area contributed by atoms with E-state index in [0.29, 0.717) is 11.1 Å². The molecule has 7 nitrogen and oxygen atoms in total. The summed E-state index contributed by atoms with van der Waals surface area (Å²) in [4.78, 5) is 30.7. The largest absolute Gasteiger partial charge is 0.486 e. The Morgan fingerprint density at radius 3 is 1.04 bits per heavy atom. The van der Waals surface area contributed by atoms with Crippen molar-refractivity contribution in [3.05, 3.63) is 219 Å². The van der Waals surface area contributed by atoms with Gasteiger partial charge in [-0.3, -0.25) is 9.59 Å². The molecule has 0 saturated carbocycles. The summed E-state index contributed by atoms with van der Waals surface area (Å²) in [6, 6.07) is 50.0. The molecular weight excluding hydrogens is 683 g/mol. The van der Waals surface area contributed by atoms with E-state index in [-0.39, 0.29) is 11.4 Å². The predicted octanol–water partition coefficient (Wildman–Crippen LogP) is 11.9. The molecule has 7 heteroatoms. The molecule has 0 aliphatic heterocycles. The van der Waals surface area contributed by atoms with E-state index in [2.05, 4.69) is 99.5 Å². The summed E-state index contributed by atoms with van der Waals surface area (Å²) in [6.45, 7) is 14.1. The van der Waals surface area contributed by atoms with Gasteiger partial charge in [-0.2, -0.15) is 0 Å². The minimum absolute atomic E-state index is 0.330. The highest BCUT2D eigenvalue weighted by molar-refractivity contribution is 5.95. The quantitative estimate of drug-likeness (QED) is 0.0748. The van der Waals surface area contributed by atoms with Gasteiger partial charge in [-0.25, -0.2) is 9.69 Å². The van der Waals surface area contributed by atoms with Gasteiger partial charge in [0.05, 0.1) is 13.1 Å². The van der Waals surface area contributed by atoms with Crippen molar-refractivity contribution in [2.75, 3.05) is 4.90 Å². The standard InChI is InChI=1S/C48H33N3O4/c1-49-45(47(52)53)32-38-16-12-34(13-17-38)8-10-36-20-26-42(27-21-36)51(44-30-24-41(25-31-44)40-6-4-3-5-7-40)43-28-22-37(23-29-43)11-9-35-14-18-39(19-15-35)33-46(50-2)48(54)55/h3-33H,(H,52,53)(H,54,55)/b10-8+,11-9+,45-32-,46-33-. The lowest BCUT2D eigenvalue weighted by atomic mass is 10.0. The van der Waals surface area contributed by atoms with Crippen molar-refractivity contribution < 1.29 is 19.8 Å². The number of benzene rings is 6. The molecule has 0 spiro atoms. The van der Waals surface area contributed by atoms with Crippen LogP contribution in [-0.2, 0) is 9.59 Å². The molecule has 0 heterocycles. The minimum Gasteiger partial charge on any atom is -0.486 e. The van der Waals surface area contributed by atoms with E-state index >= 15 is 0 Å². The molecule has 2 N–H and O–H groups in total. The lowest BCUT2D eigenvalue weighted by Crippen LogP contribution is -2.09. The highest BCUT2D eigenvalue weighted by Gasteiger charge is 2.13. The number of anilines is 3. The topological polar surface area (TPSA) is 86.6 Å². The maximum atomic E-state index is 11.2. The minimum atomic E-state index is -1.25. The van der Waals surface area contributed by atoms with Crippen molar-refractivity contribution in [2.45, 2.75) is 0 Å². The Kier molecular flexibility index (Phi) is 11.7. The van der Waals surface area contributed by atoms with Crippen LogP contribution < -0.4 is 4.90 Å². The summed E-state index contributed by atoms with van der Waals surface area (Å²) in [6.07, 6.45) is 10.7. The predicted molar refractivity (Wildman–Crippen MR) is 222 cm³/mol. The van der Waals surface area contributed by atoms with Crippen LogP contribution in [0.4, 0.5) is 17.1 Å². The average molecular weight is 716 g/mol. The lowest BCUT2D eigenvalue weighted by Gasteiger charge is -2.26. The molecule has 6 rings (SSSR count). The summed E-state index contributed by atoms with van der Waals surface area (Å²) in [5.41, 5.74) is 9.76. The Morgan fingerprint density at radius 1 is 0.418 bits per heavy atom. The van der Waals surface area contributed by atoms with Crippen LogP contribution in [0.2, 0.25) is 0 Å². The fourth-order valence-corrected chi connectivity index (χ4v) is 5.74. The van der Waals surface area contributed by atoms with Crippen molar-refractivity contribution in [1.29, 1.82) is 0 Å². The van der Waals surface area contributed by atoms with Gasteiger partial charge in [0, 0.05) is 17.1 Å². The molecule has 6 aromatic rings. The second-order valence-electron chi connectivity index (χ2n) is 12.3. The monoisotopic (exact) mass is 715 g/mol. The first kappa shape index (κ1) is 36.8. The zero-order chi connectivity index (χ0) is 38.6. The molecule has 0 atom stereocenters. The van der Waals surface area contributed by atoms with Gasteiger partial charge in [0.2, 0.25) is 0 Å². The Morgan fingerprint density at radius 2 is 0.709 bits per heavy atom. The number of rotatable bonds is 12. The highest BCUT2D eigenvalue weighted by Crippen LogP contribution is 2.36. The van der Waals surface area contributed by atoms with Gasteiger partial charge < -0.3 is 15.1 Å². The number of carboxylic acids is 2. The zero-order valence-corrected chi connectivity index (χ0v) is 29.5. The molecule has 0 aliphatic rings. The number of carbonyl (C=O) groups is 2. The SMILES string of the molecule is [C-]#[N+]/C(=C\c1ccc(/C=C/c2ccc(N(c3ccc(/C=C/c4ccc(/C=C(\[N+]#[C-])C(=O)O)cc4)cc3)c3ccc(-c4ccccc4)cc3)cc2)cc1)C(=O)O. The maximum Gasteiger partial charge on any atom is 0.333 e. The molecule has 0 radical (unpaired) electrons. The molecule has 0 bridgehead atoms. The second kappa shape index (κ2) is 17.5. The van der Waals surface area contributed by atoms with E-state index in [1.165, 1.54) is 12.2 Å². The highest BCUT2D eigenvalue weighted by atomic mass is 16.4. The van der Waals surface area contributed by atoms with Crippen LogP contribution in [0.15, 0.2) is 163 Å². The fourth-order valence-electron chi connectivity index (χ4n) is 5.74. The fraction of sp³-hybridized carbons (Fsp3) is 0. The van der Waals surface area contributed by atoms with Gasteiger partial charge in [0.25, 0.3) is 11.4 Å². The summed E-state index contributed by atoms with van der Waals surface area (Å²) in [5.74, 6) is -2.49. The normalized spacial score (nSPS) is 11.6. The number of carboxylic acid groups (broad SMARTS) is 2. The van der Waals surface area contributed by atoms with Crippen LogP contribution in [0.5, 0.6) is 0 Å². The van der Waals surface area contributed by atoms with Crippen LogP contribution in [-0.4, -0.2) is 22.2 Å². The first-order chi connectivity index (χ1) is 26.8. The summed E-state index contributed by atoms with van der Waals surface area (Å²) < 4.78 is 0. The van der Waals surface area contributed by atoms with E-state index in [1.807, 2.05) is 66.8 Å². The Labute approximate surface area is 319 Å². The van der Waals surface area contributed by atoms with Gasteiger partial charge in [0.1, 0.15) is 0 Å². The summed E-state index contributed by atoms with van der Waals surface area (Å²) in [7, 11) is 0. The van der Waals surface area contributed by atoms with Crippen molar-refractivity contribution in [3.63, 3.8) is 0 Å². The van der Waals surface area contributed by atoms with Gasteiger partial charge in [0.15, 0.2) is 0 Å². The van der Waals surface area contributed by atoms with Crippen LogP contribution >= 0.6 is 0 Å². The van der Waals surface area contributed by atoms with Crippen LogP contribution in [0, 0.1) is 13.1 Å². The molecule has 0 aliphatic carbocycles. The molecular formula is C48H33N3O4. The second-order valence-corrected chi connectivity index (χ2v) is 12.3. The van der Waals surface area contributed by atoms with Gasteiger partial charge in [-0.1, -0.05) is 140 Å². The van der Waals surface area contributed by atoms with E-state index in [1.54, 1.807) is 24.3 Å². The number of hydrogen-bond donors (Lipinski definition) is 2. The van der Waals surface area contributed by atoms with Gasteiger partial charge in [-0.05, 0) is 93.1 Å². The molecule has 0 unspecified atom stereocenters. The lowest BCUT2D eigenvalue weighted by molar-refractivity contribution is -0.133. The van der Waals surface area contributed by atoms with Crippen LogP contribution in [0.1, 0.15) is 33.4 Å². The third kappa shape index (κ3) is 9.66. The van der Waals surface area contributed by atoms with Crippen LogP contribution in [0.3, 0.4) is 0 Å². The van der Waals surface area contributed by atoms with E-state index < -0.39 is 11.9 Å². The van der Waals surface area contributed by atoms with Crippen molar-refractivity contribution >= 4 is 65.5 Å². The molecule has 0 aromatic heterocycles. The smallest absolute Gasteiger partial charge is 0.333 e. The molecule has 6 aromatic carbocycles. The van der Waals surface area contributed by atoms with E-state index in [9.17, 15) is 9.59 Å². The van der Waals surface area contributed by atoms with Crippen molar-refractivity contribution in [2.24, 2.45) is 0 Å². The first-order valence-electron chi connectivity index (χ1n) is 17.2. The average Bonchev–Trinajstić information content (AvgIpc) is 3.22. The first-order valence-corrected chi connectivity index (χ1v) is 17.2. The Bertz CT molecular complexity index is 2360. The molecule has 55 heavy (non-hydrogen) atoms. The molecule has 0 amide bonds. The number of nitrogens with zero attached hydrogens (tertiary/aromatic N) is 3. The van der Waals surface area contributed by atoms with Gasteiger partial charge in [-0.15, -0.1) is 0 Å². The van der Waals surface area contributed by atoms with E-state index in [4.69, 9.17) is 23.4 Å². The van der Waals surface area contributed by atoms with Crippen LogP contribution in [0.25, 0.3) is 57.3 Å². The zero-order valence-electron chi connectivity index (χ0n) is 29.5. The summed E-state index contributed by atoms with van der Waals surface area (Å²) >= 11 is 0. The third-order valence-corrected chi connectivity index (χ3v) is 8.63.